The molecular weight excluding hydrogens is 440 g/mol. The summed E-state index contributed by atoms with van der Waals surface area (Å²) in [5.41, 5.74) is 3.69. The maximum Gasteiger partial charge on any atom is 0.326 e. The molecule has 3 aromatic rings. The van der Waals surface area contributed by atoms with E-state index in [1.165, 1.54) is 9.80 Å². The summed E-state index contributed by atoms with van der Waals surface area (Å²) in [6.07, 6.45) is 0. The van der Waals surface area contributed by atoms with Gasteiger partial charge in [0.05, 0.1) is 11.4 Å². The molecule has 4 amide bonds. The van der Waals surface area contributed by atoms with Crippen LogP contribution in [0, 0.1) is 6.92 Å². The van der Waals surface area contributed by atoms with E-state index in [9.17, 15) is 14.4 Å². The number of nitrogens with zero attached hydrogens (tertiary/aromatic N) is 2. The molecule has 1 aliphatic heterocycles. The normalized spacial score (nSPS) is 12.8. The molecular formula is C25H23ClN4O3. The molecule has 33 heavy (non-hydrogen) atoms. The van der Waals surface area contributed by atoms with Gasteiger partial charge in [0.1, 0.15) is 13.1 Å². The van der Waals surface area contributed by atoms with Crippen LogP contribution < -0.4 is 20.4 Å². The Morgan fingerprint density at radius 3 is 2.30 bits per heavy atom. The first-order valence-electron chi connectivity index (χ1n) is 10.5. The lowest BCUT2D eigenvalue weighted by atomic mass is 10.1. The minimum Gasteiger partial charge on any atom is -0.350 e. The van der Waals surface area contributed by atoms with E-state index < -0.39 is 6.03 Å². The Kier molecular flexibility index (Phi) is 6.60. The number of carbonyl (C=O) groups excluding carboxylic acids is 3. The average Bonchev–Trinajstić information content (AvgIpc) is 2.81. The number of nitrogens with one attached hydrogen (secondary N) is 2. The average molecular weight is 463 g/mol. The Morgan fingerprint density at radius 2 is 1.61 bits per heavy atom. The summed E-state index contributed by atoms with van der Waals surface area (Å²) in [6, 6.07) is 21.2. The number of amides is 4. The van der Waals surface area contributed by atoms with Gasteiger partial charge in [-0.3, -0.25) is 19.4 Å². The zero-order chi connectivity index (χ0) is 23.4. The van der Waals surface area contributed by atoms with Crippen molar-refractivity contribution in [2.75, 3.05) is 28.2 Å². The first kappa shape index (κ1) is 22.4. The molecule has 0 fully saturated rings. The third-order valence-electron chi connectivity index (χ3n) is 5.31. The molecule has 0 bridgehead atoms. The van der Waals surface area contributed by atoms with Crippen molar-refractivity contribution in [1.82, 2.24) is 5.32 Å². The second-order valence-electron chi connectivity index (χ2n) is 7.75. The summed E-state index contributed by atoms with van der Waals surface area (Å²) in [7, 11) is 0. The second-order valence-corrected chi connectivity index (χ2v) is 8.19. The van der Waals surface area contributed by atoms with Crippen LogP contribution in [0.5, 0.6) is 0 Å². The van der Waals surface area contributed by atoms with Gasteiger partial charge in [-0.05, 0) is 48.9 Å². The summed E-state index contributed by atoms with van der Waals surface area (Å²) < 4.78 is 0. The molecule has 3 aromatic carbocycles. The van der Waals surface area contributed by atoms with Crippen LogP contribution >= 0.6 is 11.6 Å². The first-order valence-corrected chi connectivity index (χ1v) is 10.8. The zero-order valence-corrected chi connectivity index (χ0v) is 18.8. The molecule has 0 saturated heterocycles. The number of halogens is 1. The van der Waals surface area contributed by atoms with E-state index in [0.717, 1.165) is 11.1 Å². The van der Waals surface area contributed by atoms with E-state index in [2.05, 4.69) is 10.6 Å². The Balaban J connectivity index is 1.46. The second kappa shape index (κ2) is 9.75. The number of urea groups is 1. The van der Waals surface area contributed by atoms with Crippen LogP contribution in [0.3, 0.4) is 0 Å². The van der Waals surface area contributed by atoms with Crippen LogP contribution in [0.15, 0.2) is 72.8 Å². The van der Waals surface area contributed by atoms with Crippen LogP contribution in [0.2, 0.25) is 5.02 Å². The number of carbonyl (C=O) groups is 3. The molecule has 0 unspecified atom stereocenters. The van der Waals surface area contributed by atoms with Gasteiger partial charge in [-0.1, -0.05) is 53.6 Å². The van der Waals surface area contributed by atoms with Gasteiger partial charge in [0, 0.05) is 17.3 Å². The van der Waals surface area contributed by atoms with E-state index in [-0.39, 0.29) is 24.9 Å². The Bertz CT molecular complexity index is 1180. The Hall–Kier alpha value is -3.84. The molecule has 4 rings (SSSR count). The number of anilines is 3. The van der Waals surface area contributed by atoms with Crippen molar-refractivity contribution in [2.45, 2.75) is 13.5 Å². The molecule has 1 aliphatic rings. The van der Waals surface area contributed by atoms with Crippen molar-refractivity contribution in [1.29, 1.82) is 0 Å². The molecule has 7 nitrogen and oxygen atoms in total. The van der Waals surface area contributed by atoms with E-state index in [1.54, 1.807) is 36.4 Å². The Morgan fingerprint density at radius 1 is 0.939 bits per heavy atom. The largest absolute Gasteiger partial charge is 0.350 e. The molecule has 1 heterocycles. The number of fused-ring (bicyclic) bond motifs is 1. The van der Waals surface area contributed by atoms with Gasteiger partial charge in [-0.15, -0.1) is 0 Å². The highest BCUT2D eigenvalue weighted by Gasteiger charge is 2.33. The molecule has 2 N–H and O–H groups in total. The van der Waals surface area contributed by atoms with Gasteiger partial charge >= 0.3 is 6.03 Å². The van der Waals surface area contributed by atoms with Crippen LogP contribution in [-0.2, 0) is 16.1 Å². The molecule has 0 saturated carbocycles. The number of hydrogen-bond acceptors (Lipinski definition) is 3. The molecule has 0 spiro atoms. The number of benzene rings is 3. The standard InChI is InChI=1S/C25H23ClN4O3/c1-17-6-12-20(13-7-17)28-25(33)30-16-24(32)29(21-4-2-3-5-22(21)30)15-23(31)27-14-18-8-10-19(26)11-9-18/h2-13H,14-16H2,1H3,(H,27,31)(H,28,33). The minimum atomic E-state index is -0.411. The zero-order valence-electron chi connectivity index (χ0n) is 18.0. The predicted octanol–water partition coefficient (Wildman–Crippen LogP) is 4.35. The molecule has 8 heteroatoms. The smallest absolute Gasteiger partial charge is 0.326 e. The molecule has 0 aromatic heterocycles. The van der Waals surface area contributed by atoms with Gasteiger partial charge in [-0.2, -0.15) is 0 Å². The minimum absolute atomic E-state index is 0.142. The summed E-state index contributed by atoms with van der Waals surface area (Å²) in [5.74, 6) is -0.639. The maximum atomic E-state index is 12.9. The quantitative estimate of drug-likeness (QED) is 0.591. The van der Waals surface area contributed by atoms with Crippen molar-refractivity contribution in [2.24, 2.45) is 0 Å². The summed E-state index contributed by atoms with van der Waals surface area (Å²) in [5, 5.41) is 6.27. The van der Waals surface area contributed by atoms with Crippen LogP contribution in [0.1, 0.15) is 11.1 Å². The third-order valence-corrected chi connectivity index (χ3v) is 5.56. The topological polar surface area (TPSA) is 81.8 Å². The van der Waals surface area contributed by atoms with Crippen molar-refractivity contribution < 1.29 is 14.4 Å². The van der Waals surface area contributed by atoms with Crippen molar-refractivity contribution in [3.05, 3.63) is 88.9 Å². The van der Waals surface area contributed by atoms with Crippen molar-refractivity contribution >= 4 is 46.5 Å². The lowest BCUT2D eigenvalue weighted by Gasteiger charge is -2.35. The van der Waals surface area contributed by atoms with Crippen molar-refractivity contribution in [3.8, 4) is 0 Å². The van der Waals surface area contributed by atoms with E-state index in [1.807, 2.05) is 43.3 Å². The third kappa shape index (κ3) is 5.32. The fraction of sp³-hybridized carbons (Fsp3) is 0.160. The van der Waals surface area contributed by atoms with Crippen molar-refractivity contribution in [3.63, 3.8) is 0 Å². The van der Waals surface area contributed by atoms with Crippen LogP contribution in [0.25, 0.3) is 0 Å². The Labute approximate surface area is 197 Å². The summed E-state index contributed by atoms with van der Waals surface area (Å²) in [4.78, 5) is 41.2. The van der Waals surface area contributed by atoms with Crippen LogP contribution in [-0.4, -0.2) is 30.9 Å². The maximum absolute atomic E-state index is 12.9. The highest BCUT2D eigenvalue weighted by Crippen LogP contribution is 2.33. The van der Waals surface area contributed by atoms with Gasteiger partial charge in [0.2, 0.25) is 11.8 Å². The SMILES string of the molecule is Cc1ccc(NC(=O)N2CC(=O)N(CC(=O)NCc3ccc(Cl)cc3)c3ccccc32)cc1. The highest BCUT2D eigenvalue weighted by molar-refractivity contribution is 6.30. The fourth-order valence-electron chi connectivity index (χ4n) is 3.55. The number of hydrogen-bond donors (Lipinski definition) is 2. The fourth-order valence-corrected chi connectivity index (χ4v) is 3.67. The molecule has 0 aliphatic carbocycles. The van der Waals surface area contributed by atoms with E-state index >= 15 is 0 Å². The first-order chi connectivity index (χ1) is 15.9. The van der Waals surface area contributed by atoms with Gasteiger partial charge in [-0.25, -0.2) is 4.79 Å². The summed E-state index contributed by atoms with van der Waals surface area (Å²) >= 11 is 5.89. The highest BCUT2D eigenvalue weighted by atomic mass is 35.5. The monoisotopic (exact) mass is 462 g/mol. The number of para-hydroxylation sites is 2. The van der Waals surface area contributed by atoms with E-state index in [4.69, 9.17) is 11.6 Å². The van der Waals surface area contributed by atoms with Gasteiger partial charge in [0.15, 0.2) is 0 Å². The van der Waals surface area contributed by atoms with Gasteiger partial charge in [0.25, 0.3) is 0 Å². The predicted molar refractivity (Wildman–Crippen MR) is 130 cm³/mol. The van der Waals surface area contributed by atoms with Gasteiger partial charge < -0.3 is 10.6 Å². The summed E-state index contributed by atoms with van der Waals surface area (Å²) in [6.45, 7) is 1.98. The molecule has 0 atom stereocenters. The molecule has 0 radical (unpaired) electrons. The molecule has 168 valence electrons. The van der Waals surface area contributed by atoms with Crippen LogP contribution in [0.4, 0.5) is 21.9 Å². The number of rotatable bonds is 5. The number of aryl methyl sites for hydroxylation is 1. The lowest BCUT2D eigenvalue weighted by molar-refractivity contribution is -0.123. The lowest BCUT2D eigenvalue weighted by Crippen LogP contribution is -2.51. The van der Waals surface area contributed by atoms with E-state index in [0.29, 0.717) is 28.6 Å².